The Bertz CT molecular complexity index is 731. The van der Waals surface area contributed by atoms with Gasteiger partial charge in [0.15, 0.2) is 0 Å². The number of aryl methyl sites for hydroxylation is 1. The molecule has 0 radical (unpaired) electrons. The van der Waals surface area contributed by atoms with E-state index < -0.39 is 5.82 Å². The van der Waals surface area contributed by atoms with Gasteiger partial charge in [-0.25, -0.2) is 4.39 Å². The number of rotatable bonds is 6. The van der Waals surface area contributed by atoms with Gasteiger partial charge in [-0.2, -0.15) is 0 Å². The van der Waals surface area contributed by atoms with Crippen LogP contribution in [-0.2, 0) is 16.0 Å². The Kier molecular flexibility index (Phi) is 6.07. The highest BCUT2D eigenvalue weighted by molar-refractivity contribution is 5.91. The van der Waals surface area contributed by atoms with Crippen molar-refractivity contribution in [3.63, 3.8) is 0 Å². The average Bonchev–Trinajstić information content (AvgIpc) is 2.52. The van der Waals surface area contributed by atoms with Crippen LogP contribution in [0.25, 0.3) is 0 Å². The molecule has 2 rings (SSSR count). The molecule has 5 heteroatoms. The van der Waals surface area contributed by atoms with Crippen molar-refractivity contribution in [2.45, 2.75) is 20.3 Å². The minimum absolute atomic E-state index is 0.127. The second kappa shape index (κ2) is 8.24. The van der Waals surface area contributed by atoms with Crippen LogP contribution in [0.15, 0.2) is 48.5 Å². The fraction of sp³-hybridized carbons (Fsp3) is 0.263. The summed E-state index contributed by atoms with van der Waals surface area (Å²) in [6, 6.07) is 13.8. The number of hydrogen-bond acceptors (Lipinski definition) is 2. The van der Waals surface area contributed by atoms with E-state index in [0.717, 1.165) is 11.1 Å². The van der Waals surface area contributed by atoms with Crippen molar-refractivity contribution in [3.05, 3.63) is 65.5 Å². The summed E-state index contributed by atoms with van der Waals surface area (Å²) in [6.07, 6.45) is 0.279. The topological polar surface area (TPSA) is 49.4 Å². The first-order valence-electron chi connectivity index (χ1n) is 7.82. The molecule has 1 N–H and O–H groups in total. The fourth-order valence-electron chi connectivity index (χ4n) is 2.50. The average molecular weight is 328 g/mol. The Morgan fingerprint density at radius 1 is 1.12 bits per heavy atom. The summed E-state index contributed by atoms with van der Waals surface area (Å²) in [4.78, 5) is 25.1. The van der Waals surface area contributed by atoms with Crippen molar-refractivity contribution >= 4 is 17.5 Å². The molecule has 0 heterocycles. The number of amides is 2. The lowest BCUT2D eigenvalue weighted by Gasteiger charge is -2.21. The molecule has 0 spiro atoms. The van der Waals surface area contributed by atoms with Gasteiger partial charge in [-0.3, -0.25) is 9.59 Å². The number of carbonyl (C=O) groups excluding carboxylic acids is 2. The molecule has 0 aromatic heterocycles. The molecule has 0 unspecified atom stereocenters. The molecule has 126 valence electrons. The van der Waals surface area contributed by atoms with Crippen molar-refractivity contribution in [2.75, 3.05) is 18.0 Å². The smallest absolute Gasteiger partial charge is 0.224 e. The first-order chi connectivity index (χ1) is 11.5. The number of carbonyl (C=O) groups is 2. The van der Waals surface area contributed by atoms with E-state index in [0.29, 0.717) is 0 Å². The Morgan fingerprint density at radius 2 is 1.88 bits per heavy atom. The van der Waals surface area contributed by atoms with Crippen LogP contribution in [0.2, 0.25) is 0 Å². The van der Waals surface area contributed by atoms with Crippen molar-refractivity contribution in [1.82, 2.24) is 5.32 Å². The maximum Gasteiger partial charge on any atom is 0.224 e. The van der Waals surface area contributed by atoms with Crippen LogP contribution in [0.1, 0.15) is 18.1 Å². The van der Waals surface area contributed by atoms with Crippen molar-refractivity contribution in [1.29, 1.82) is 0 Å². The Labute approximate surface area is 141 Å². The minimum Gasteiger partial charge on any atom is -0.354 e. The molecule has 2 aromatic carbocycles. The lowest BCUT2D eigenvalue weighted by atomic mass is 10.1. The van der Waals surface area contributed by atoms with Crippen LogP contribution in [0.3, 0.4) is 0 Å². The molecule has 0 atom stereocenters. The second-order valence-corrected chi connectivity index (χ2v) is 5.64. The highest BCUT2D eigenvalue weighted by Gasteiger charge is 2.15. The summed E-state index contributed by atoms with van der Waals surface area (Å²) in [5, 5.41) is 2.77. The van der Waals surface area contributed by atoms with E-state index in [-0.39, 0.29) is 37.0 Å². The molecule has 0 saturated heterocycles. The van der Waals surface area contributed by atoms with Crippen molar-refractivity contribution < 1.29 is 14.0 Å². The van der Waals surface area contributed by atoms with Gasteiger partial charge in [0.1, 0.15) is 5.82 Å². The maximum absolute atomic E-state index is 13.8. The first kappa shape index (κ1) is 17.7. The van der Waals surface area contributed by atoms with Crippen LogP contribution in [-0.4, -0.2) is 24.9 Å². The zero-order chi connectivity index (χ0) is 17.5. The molecule has 24 heavy (non-hydrogen) atoms. The zero-order valence-corrected chi connectivity index (χ0v) is 13.9. The summed E-state index contributed by atoms with van der Waals surface area (Å²) >= 11 is 0. The van der Waals surface area contributed by atoms with E-state index in [4.69, 9.17) is 0 Å². The molecule has 0 fully saturated rings. The highest BCUT2D eigenvalue weighted by Crippen LogP contribution is 2.18. The van der Waals surface area contributed by atoms with Crippen LogP contribution in [0.5, 0.6) is 0 Å². The standard InChI is InChI=1S/C19H21FN2O2/c1-14-6-5-7-16(12-14)13-19(24)21-10-11-22(15(2)23)18-9-4-3-8-17(18)20/h3-9,12H,10-11,13H2,1-2H3,(H,21,24). The molecule has 0 aliphatic carbocycles. The lowest BCUT2D eigenvalue weighted by Crippen LogP contribution is -2.38. The van der Waals surface area contributed by atoms with E-state index >= 15 is 0 Å². The van der Waals surface area contributed by atoms with Gasteiger partial charge in [-0.05, 0) is 24.6 Å². The van der Waals surface area contributed by atoms with Crippen LogP contribution in [0, 0.1) is 12.7 Å². The largest absolute Gasteiger partial charge is 0.354 e. The third kappa shape index (κ3) is 4.91. The predicted molar refractivity (Wildman–Crippen MR) is 92.3 cm³/mol. The van der Waals surface area contributed by atoms with E-state index in [1.165, 1.54) is 17.9 Å². The number of para-hydroxylation sites is 1. The van der Waals surface area contributed by atoms with Gasteiger partial charge in [0.05, 0.1) is 12.1 Å². The summed E-state index contributed by atoms with van der Waals surface area (Å²) < 4.78 is 13.8. The van der Waals surface area contributed by atoms with Gasteiger partial charge in [-0.15, -0.1) is 0 Å². The van der Waals surface area contributed by atoms with Gasteiger partial charge in [0, 0.05) is 20.0 Å². The maximum atomic E-state index is 13.8. The zero-order valence-electron chi connectivity index (χ0n) is 13.9. The Hall–Kier alpha value is -2.69. The van der Waals surface area contributed by atoms with Crippen molar-refractivity contribution in [3.8, 4) is 0 Å². The number of halogens is 1. The highest BCUT2D eigenvalue weighted by atomic mass is 19.1. The van der Waals surface area contributed by atoms with E-state index in [1.54, 1.807) is 18.2 Å². The van der Waals surface area contributed by atoms with Gasteiger partial charge in [0.25, 0.3) is 0 Å². The Morgan fingerprint density at radius 3 is 2.54 bits per heavy atom. The quantitative estimate of drug-likeness (QED) is 0.886. The third-order valence-corrected chi connectivity index (χ3v) is 3.63. The fourth-order valence-corrected chi connectivity index (χ4v) is 2.50. The molecule has 2 aromatic rings. The molecule has 4 nitrogen and oxygen atoms in total. The molecule has 0 bridgehead atoms. The summed E-state index contributed by atoms with van der Waals surface area (Å²) in [5.41, 5.74) is 2.26. The van der Waals surface area contributed by atoms with Gasteiger partial charge in [0.2, 0.25) is 11.8 Å². The third-order valence-electron chi connectivity index (χ3n) is 3.63. The summed E-state index contributed by atoms with van der Waals surface area (Å²) in [7, 11) is 0. The van der Waals surface area contributed by atoms with E-state index in [1.807, 2.05) is 31.2 Å². The SMILES string of the molecule is CC(=O)N(CCNC(=O)Cc1cccc(C)c1)c1ccccc1F. The number of benzene rings is 2. The van der Waals surface area contributed by atoms with Gasteiger partial charge >= 0.3 is 0 Å². The van der Waals surface area contributed by atoms with E-state index in [2.05, 4.69) is 5.32 Å². The normalized spacial score (nSPS) is 10.3. The minimum atomic E-state index is -0.459. The monoisotopic (exact) mass is 328 g/mol. The number of nitrogens with one attached hydrogen (secondary N) is 1. The number of hydrogen-bond donors (Lipinski definition) is 1. The molecular formula is C19H21FN2O2. The summed E-state index contributed by atoms with van der Waals surface area (Å²) in [5.74, 6) is -0.857. The van der Waals surface area contributed by atoms with Crippen LogP contribution in [0.4, 0.5) is 10.1 Å². The summed E-state index contributed by atoms with van der Waals surface area (Å²) in [6.45, 7) is 3.83. The number of anilines is 1. The van der Waals surface area contributed by atoms with E-state index in [9.17, 15) is 14.0 Å². The molecule has 0 aliphatic rings. The molecule has 0 aliphatic heterocycles. The molecule has 2 amide bonds. The first-order valence-corrected chi connectivity index (χ1v) is 7.82. The van der Waals surface area contributed by atoms with Crippen LogP contribution >= 0.6 is 0 Å². The number of nitrogens with zero attached hydrogens (tertiary/aromatic N) is 1. The van der Waals surface area contributed by atoms with Gasteiger partial charge in [-0.1, -0.05) is 42.0 Å². The second-order valence-electron chi connectivity index (χ2n) is 5.64. The predicted octanol–water partition coefficient (Wildman–Crippen LogP) is 2.85. The Balaban J connectivity index is 1.90. The lowest BCUT2D eigenvalue weighted by molar-refractivity contribution is -0.121. The molecular weight excluding hydrogens is 307 g/mol. The van der Waals surface area contributed by atoms with Gasteiger partial charge < -0.3 is 10.2 Å². The molecule has 0 saturated carbocycles. The van der Waals surface area contributed by atoms with Crippen molar-refractivity contribution in [2.24, 2.45) is 0 Å². The van der Waals surface area contributed by atoms with Crippen LogP contribution < -0.4 is 10.2 Å².